The van der Waals surface area contributed by atoms with Gasteiger partial charge in [-0.1, -0.05) is 0 Å². The van der Waals surface area contributed by atoms with E-state index in [1.54, 1.807) is 0 Å². The van der Waals surface area contributed by atoms with Crippen LogP contribution in [-0.4, -0.2) is 28.3 Å². The fourth-order valence-corrected chi connectivity index (χ4v) is 2.36. The van der Waals surface area contributed by atoms with Crippen molar-refractivity contribution >= 4 is 0 Å². The maximum Gasteiger partial charge on any atom is 0.182 e. The molecule has 0 saturated carbocycles. The summed E-state index contributed by atoms with van der Waals surface area (Å²) in [4.78, 5) is 4.64. The Balaban J connectivity index is 1.81. The van der Waals surface area contributed by atoms with E-state index in [0.29, 0.717) is 19.0 Å². The second-order valence-electron chi connectivity index (χ2n) is 4.90. The number of hydrogen-bond donors (Lipinski definition) is 1. The average Bonchev–Trinajstić information content (AvgIpc) is 2.53. The molecule has 0 fully saturated rings. The highest BCUT2D eigenvalue weighted by molar-refractivity contribution is 5.55. The van der Waals surface area contributed by atoms with Crippen LogP contribution in [-0.2, 0) is 12.8 Å². The third-order valence-corrected chi connectivity index (χ3v) is 3.42. The summed E-state index contributed by atoms with van der Waals surface area (Å²) in [6.45, 7) is 1.04. The van der Waals surface area contributed by atoms with Gasteiger partial charge in [0.15, 0.2) is 5.82 Å². The number of rotatable bonds is 4. The lowest BCUT2D eigenvalue weighted by Gasteiger charge is -2.13. The predicted molar refractivity (Wildman–Crippen MR) is 76.5 cm³/mol. The zero-order valence-corrected chi connectivity index (χ0v) is 11.4. The standard InChI is InChI=1S/C15H18N4O/c16-9-10-20-12-7-5-11(6-8-12)15-17-13-3-1-2-4-14(13)18-19-15/h5-8H,1-4,9-10,16H2. The maximum absolute atomic E-state index is 5.46. The number of benzene rings is 1. The quantitative estimate of drug-likeness (QED) is 0.916. The van der Waals surface area contributed by atoms with E-state index in [4.69, 9.17) is 10.5 Å². The highest BCUT2D eigenvalue weighted by atomic mass is 16.5. The van der Waals surface area contributed by atoms with Crippen LogP contribution in [0.15, 0.2) is 24.3 Å². The number of nitrogens with zero attached hydrogens (tertiary/aromatic N) is 3. The Bertz CT molecular complexity index is 583. The lowest BCUT2D eigenvalue weighted by molar-refractivity contribution is 0.328. The Morgan fingerprint density at radius 2 is 1.75 bits per heavy atom. The summed E-state index contributed by atoms with van der Waals surface area (Å²) >= 11 is 0. The van der Waals surface area contributed by atoms with Gasteiger partial charge in [-0.2, -0.15) is 5.10 Å². The molecule has 1 aromatic carbocycles. The maximum atomic E-state index is 5.46. The van der Waals surface area contributed by atoms with Crippen LogP contribution in [0.3, 0.4) is 0 Å². The summed E-state index contributed by atoms with van der Waals surface area (Å²) in [5.41, 5.74) is 8.53. The fourth-order valence-electron chi connectivity index (χ4n) is 2.36. The first-order valence-corrected chi connectivity index (χ1v) is 7.02. The summed E-state index contributed by atoms with van der Waals surface area (Å²) in [5.74, 6) is 1.50. The second kappa shape index (κ2) is 5.96. The van der Waals surface area contributed by atoms with Gasteiger partial charge in [0.2, 0.25) is 0 Å². The molecule has 0 aliphatic heterocycles. The van der Waals surface area contributed by atoms with Crippen molar-refractivity contribution < 1.29 is 4.74 Å². The Hall–Kier alpha value is -2.01. The molecule has 5 nitrogen and oxygen atoms in total. The minimum absolute atomic E-state index is 0.513. The van der Waals surface area contributed by atoms with Gasteiger partial charge in [0.1, 0.15) is 12.4 Å². The second-order valence-corrected chi connectivity index (χ2v) is 4.90. The van der Waals surface area contributed by atoms with Crippen molar-refractivity contribution in [2.75, 3.05) is 13.2 Å². The number of ether oxygens (including phenoxy) is 1. The highest BCUT2D eigenvalue weighted by Gasteiger charge is 2.14. The van der Waals surface area contributed by atoms with Gasteiger partial charge in [0, 0.05) is 12.1 Å². The van der Waals surface area contributed by atoms with Crippen LogP contribution < -0.4 is 10.5 Å². The summed E-state index contributed by atoms with van der Waals surface area (Å²) in [6, 6.07) is 7.73. The van der Waals surface area contributed by atoms with Crippen LogP contribution in [0.4, 0.5) is 0 Å². The Morgan fingerprint density at radius 1 is 1.00 bits per heavy atom. The van der Waals surface area contributed by atoms with Gasteiger partial charge in [-0.15, -0.1) is 5.10 Å². The van der Waals surface area contributed by atoms with Crippen molar-refractivity contribution in [2.45, 2.75) is 25.7 Å². The molecule has 0 bridgehead atoms. The van der Waals surface area contributed by atoms with Gasteiger partial charge in [-0.3, -0.25) is 0 Å². The molecule has 1 heterocycles. The van der Waals surface area contributed by atoms with E-state index >= 15 is 0 Å². The van der Waals surface area contributed by atoms with Crippen LogP contribution in [0.1, 0.15) is 24.2 Å². The molecule has 0 amide bonds. The molecule has 5 heteroatoms. The molecule has 20 heavy (non-hydrogen) atoms. The van der Waals surface area contributed by atoms with Crippen molar-refractivity contribution in [1.82, 2.24) is 15.2 Å². The van der Waals surface area contributed by atoms with Crippen LogP contribution in [0.2, 0.25) is 0 Å². The van der Waals surface area contributed by atoms with E-state index in [-0.39, 0.29) is 0 Å². The van der Waals surface area contributed by atoms with Gasteiger partial charge in [0.25, 0.3) is 0 Å². The topological polar surface area (TPSA) is 73.9 Å². The largest absolute Gasteiger partial charge is 0.492 e. The van der Waals surface area contributed by atoms with Crippen LogP contribution >= 0.6 is 0 Å². The monoisotopic (exact) mass is 270 g/mol. The zero-order valence-electron chi connectivity index (χ0n) is 11.4. The van der Waals surface area contributed by atoms with Crippen LogP contribution in [0, 0.1) is 0 Å². The van der Waals surface area contributed by atoms with Gasteiger partial charge in [-0.05, 0) is 49.9 Å². The van der Waals surface area contributed by atoms with Crippen molar-refractivity contribution in [2.24, 2.45) is 5.73 Å². The molecule has 0 unspecified atom stereocenters. The molecule has 1 aliphatic carbocycles. The number of hydrogen-bond acceptors (Lipinski definition) is 5. The van der Waals surface area contributed by atoms with Crippen molar-refractivity contribution in [1.29, 1.82) is 0 Å². The Kier molecular flexibility index (Phi) is 3.87. The highest BCUT2D eigenvalue weighted by Crippen LogP contribution is 2.22. The van der Waals surface area contributed by atoms with E-state index in [1.807, 2.05) is 24.3 Å². The normalized spacial score (nSPS) is 13.8. The van der Waals surface area contributed by atoms with E-state index < -0.39 is 0 Å². The third kappa shape index (κ3) is 2.77. The zero-order chi connectivity index (χ0) is 13.8. The summed E-state index contributed by atoms with van der Waals surface area (Å²) in [7, 11) is 0. The van der Waals surface area contributed by atoms with E-state index in [2.05, 4.69) is 15.2 Å². The van der Waals surface area contributed by atoms with E-state index in [1.165, 1.54) is 12.8 Å². The Morgan fingerprint density at radius 3 is 2.50 bits per heavy atom. The summed E-state index contributed by atoms with van der Waals surface area (Å²) < 4.78 is 5.46. The van der Waals surface area contributed by atoms with Crippen molar-refractivity contribution in [3.8, 4) is 17.1 Å². The van der Waals surface area contributed by atoms with Crippen molar-refractivity contribution in [3.63, 3.8) is 0 Å². The first-order valence-electron chi connectivity index (χ1n) is 7.02. The van der Waals surface area contributed by atoms with Gasteiger partial charge in [-0.25, -0.2) is 4.98 Å². The van der Waals surface area contributed by atoms with Crippen molar-refractivity contribution in [3.05, 3.63) is 35.7 Å². The van der Waals surface area contributed by atoms with Gasteiger partial charge in [0.05, 0.1) is 11.4 Å². The molecule has 0 radical (unpaired) electrons. The molecular weight excluding hydrogens is 252 g/mol. The molecule has 2 aromatic rings. The SMILES string of the molecule is NCCOc1ccc(-c2nnc3c(n2)CCCC3)cc1. The smallest absolute Gasteiger partial charge is 0.182 e. The van der Waals surface area contributed by atoms with Gasteiger partial charge >= 0.3 is 0 Å². The first kappa shape index (κ1) is 13.0. The first-order chi connectivity index (χ1) is 9.86. The number of aryl methyl sites for hydroxylation is 2. The minimum Gasteiger partial charge on any atom is -0.492 e. The van der Waals surface area contributed by atoms with Crippen LogP contribution in [0.25, 0.3) is 11.4 Å². The predicted octanol–water partition coefficient (Wildman–Crippen LogP) is 1.75. The number of nitrogens with two attached hydrogens (primary N) is 1. The number of fused-ring (bicyclic) bond motifs is 1. The minimum atomic E-state index is 0.513. The molecule has 0 atom stereocenters. The van der Waals surface area contributed by atoms with E-state index in [0.717, 1.165) is 35.5 Å². The molecule has 1 aliphatic rings. The molecular formula is C15H18N4O. The molecule has 0 spiro atoms. The summed E-state index contributed by atoms with van der Waals surface area (Å²) in [6.07, 6.45) is 4.39. The molecule has 2 N–H and O–H groups in total. The third-order valence-electron chi connectivity index (χ3n) is 3.42. The lowest BCUT2D eigenvalue weighted by Crippen LogP contribution is -2.11. The molecule has 1 aromatic heterocycles. The molecule has 0 saturated heterocycles. The molecule has 3 rings (SSSR count). The van der Waals surface area contributed by atoms with Crippen LogP contribution in [0.5, 0.6) is 5.75 Å². The average molecular weight is 270 g/mol. The lowest BCUT2D eigenvalue weighted by atomic mass is 10.0. The van der Waals surface area contributed by atoms with Gasteiger partial charge < -0.3 is 10.5 Å². The van der Waals surface area contributed by atoms with E-state index in [9.17, 15) is 0 Å². The number of aromatic nitrogens is 3. The fraction of sp³-hybridized carbons (Fsp3) is 0.400. The Labute approximate surface area is 118 Å². The summed E-state index contributed by atoms with van der Waals surface area (Å²) in [5, 5.41) is 8.54. The molecule has 104 valence electrons.